The number of hydrogen-bond donors (Lipinski definition) is 0. The normalized spacial score (nSPS) is 16.6. The molecular formula is C81H63BN2O. The number of nitrogens with zero attached hydrogens (tertiary/aromatic N) is 2. The summed E-state index contributed by atoms with van der Waals surface area (Å²) in [7, 11) is 0. The molecule has 0 spiro atoms. The Hall–Kier alpha value is -9.90. The molecule has 0 bridgehead atoms. The van der Waals surface area contributed by atoms with Crippen LogP contribution in [0.25, 0.3) is 72.0 Å². The SMILES string of the molecule is [2H]c1c([2H])c([2H])c(C2(c3c([2H])c([2H])c([2H])c([2H])c3[2H])c3ccccc3-c3cccc(-c4ccc5c(c4)N(c4c(-c6ccccc6)cc(C(C)(C)C)cc4-c4ccccc4)c4cc(C(C)(C)C)cc6c4B5c4ccc(-n5c7c([2H])c([2H])c([2H])c([2H])c7c7c([2H])c([2H])c([2H])c([2H])c75)cc4O6)c32)c([2H])c1[2H]. The number of rotatable bonds is 7. The van der Waals surface area contributed by atoms with Crippen LogP contribution in [0.2, 0.25) is 0 Å². The minimum atomic E-state index is -2.19. The smallest absolute Gasteiger partial charge is 0.256 e. The van der Waals surface area contributed by atoms with E-state index < -0.39 is 126 Å². The van der Waals surface area contributed by atoms with Crippen LogP contribution in [0, 0.1) is 0 Å². The van der Waals surface area contributed by atoms with Crippen molar-refractivity contribution in [2.75, 3.05) is 4.90 Å². The molecule has 4 heteroatoms. The zero-order chi connectivity index (χ0) is 73.0. The molecule has 0 unspecified atom stereocenters. The summed E-state index contributed by atoms with van der Waals surface area (Å²) in [6.07, 6.45) is 0. The summed E-state index contributed by atoms with van der Waals surface area (Å²) in [6, 6.07) is 42.8. The first-order valence-electron chi connectivity index (χ1n) is 37.5. The van der Waals surface area contributed by atoms with E-state index in [2.05, 4.69) is 95.0 Å². The van der Waals surface area contributed by atoms with Crippen molar-refractivity contribution in [2.24, 2.45) is 0 Å². The molecule has 16 rings (SSSR count). The topological polar surface area (TPSA) is 17.4 Å². The van der Waals surface area contributed by atoms with Crippen LogP contribution >= 0.6 is 0 Å². The van der Waals surface area contributed by atoms with Crippen molar-refractivity contribution in [3.05, 3.63) is 306 Å². The highest BCUT2D eigenvalue weighted by Gasteiger charge is 2.49. The van der Waals surface area contributed by atoms with Crippen LogP contribution in [-0.2, 0) is 16.2 Å². The van der Waals surface area contributed by atoms with E-state index in [1.807, 2.05) is 91.0 Å². The number of benzene rings is 12. The molecule has 3 aliphatic rings. The monoisotopic (exact) mass is 1110 g/mol. The molecule has 0 N–H and O–H groups in total. The zero-order valence-corrected chi connectivity index (χ0v) is 47.5. The molecule has 13 aromatic rings. The van der Waals surface area contributed by atoms with Gasteiger partial charge >= 0.3 is 0 Å². The molecule has 0 amide bonds. The Bertz CT molecular complexity index is 5680. The maximum atomic E-state index is 9.95. The Labute approximate surface area is 524 Å². The predicted molar refractivity (Wildman–Crippen MR) is 358 cm³/mol. The Morgan fingerprint density at radius 1 is 0.424 bits per heavy atom. The molecular weight excluding hydrogens is 1030 g/mol. The number of hydrogen-bond acceptors (Lipinski definition) is 2. The van der Waals surface area contributed by atoms with Crippen LogP contribution in [0.15, 0.2) is 273 Å². The van der Waals surface area contributed by atoms with Crippen LogP contribution in [0.4, 0.5) is 17.1 Å². The summed E-state index contributed by atoms with van der Waals surface area (Å²) in [6.45, 7) is 12.2. The third kappa shape index (κ3) is 7.74. The first kappa shape index (κ1) is 35.3. The van der Waals surface area contributed by atoms with Gasteiger partial charge in [0.1, 0.15) is 11.5 Å². The van der Waals surface area contributed by atoms with Gasteiger partial charge in [-0.25, -0.2) is 0 Å². The Morgan fingerprint density at radius 3 is 1.59 bits per heavy atom. The van der Waals surface area contributed by atoms with Crippen molar-refractivity contribution >= 4 is 62.0 Å². The van der Waals surface area contributed by atoms with Gasteiger partial charge in [-0.15, -0.1) is 0 Å². The highest BCUT2D eigenvalue weighted by molar-refractivity contribution is 6.99. The lowest BCUT2D eigenvalue weighted by atomic mass is 9.34. The van der Waals surface area contributed by atoms with Crippen LogP contribution in [0.3, 0.4) is 0 Å². The Kier molecular flexibility index (Phi) is 7.92. The standard InChI is InChI=1S/C81H63BN2O/c1-79(2,3)57-47-65(52-26-11-7-12-27-52)78(66(48-57)53-28-13-8-14-29-53)84-72-46-54(60-37-25-38-64-61-34-19-22-39-67(61)81(76(60)64,55-30-15-9-16-31-55)56-32-17-10-18-33-56)42-44-68(72)82-69-45-43-59(83-70-40-23-20-35-62(70)63-36-21-24-41-71(63)83)51-74(69)85-75-50-58(80(4,5)6)49-73(84)77(75)82/h7-51H,1-6H3/i9D,10D,15D,16D,17D,18D,20D,21D,23D,24D,30D,31D,32D,33D,35D,36D,40D,41D. The van der Waals surface area contributed by atoms with Crippen LogP contribution in [0.1, 0.15) is 99.6 Å². The number of fused-ring (bicyclic) bond motifs is 10. The second-order valence-electron chi connectivity index (χ2n) is 24.2. The summed E-state index contributed by atoms with van der Waals surface area (Å²) in [5.41, 5.74) is 9.21. The zero-order valence-electron chi connectivity index (χ0n) is 65.5. The molecule has 12 aromatic carbocycles. The van der Waals surface area contributed by atoms with Crippen molar-refractivity contribution in [1.29, 1.82) is 0 Å². The molecule has 85 heavy (non-hydrogen) atoms. The quantitative estimate of drug-likeness (QED) is 0.148. The van der Waals surface area contributed by atoms with Gasteiger partial charge in [0.25, 0.3) is 6.71 Å². The van der Waals surface area contributed by atoms with E-state index in [1.54, 1.807) is 24.3 Å². The molecule has 2 aliphatic heterocycles. The second kappa shape index (κ2) is 19.1. The Balaban J connectivity index is 1.06. The lowest BCUT2D eigenvalue weighted by Crippen LogP contribution is -2.59. The van der Waals surface area contributed by atoms with Gasteiger partial charge in [0.2, 0.25) is 0 Å². The summed E-state index contributed by atoms with van der Waals surface area (Å²) in [5.74, 6) is 0.842. The molecule has 0 radical (unpaired) electrons. The van der Waals surface area contributed by atoms with E-state index >= 15 is 0 Å². The van der Waals surface area contributed by atoms with Gasteiger partial charge in [0.05, 0.1) is 46.8 Å². The fourth-order valence-electron chi connectivity index (χ4n) is 13.5. The summed E-state index contributed by atoms with van der Waals surface area (Å²) < 4.78 is 176. The molecule has 3 nitrogen and oxygen atoms in total. The minimum Gasteiger partial charge on any atom is -0.458 e. The number of anilines is 3. The van der Waals surface area contributed by atoms with E-state index in [4.69, 9.17) is 13.0 Å². The molecule has 3 heterocycles. The third-order valence-corrected chi connectivity index (χ3v) is 17.4. The summed E-state index contributed by atoms with van der Waals surface area (Å²) in [4.78, 5) is 2.30. The largest absolute Gasteiger partial charge is 0.458 e. The number of ether oxygens (including phenoxy) is 1. The van der Waals surface area contributed by atoms with Gasteiger partial charge in [0.15, 0.2) is 0 Å². The van der Waals surface area contributed by atoms with Crippen LogP contribution in [-0.4, -0.2) is 11.3 Å². The maximum absolute atomic E-state index is 9.95. The predicted octanol–water partition coefficient (Wildman–Crippen LogP) is 19.1. The first-order chi connectivity index (χ1) is 48.9. The van der Waals surface area contributed by atoms with Gasteiger partial charge in [-0.3, -0.25) is 0 Å². The average Bonchev–Trinajstić information content (AvgIpc) is 1.60. The van der Waals surface area contributed by atoms with Crippen molar-refractivity contribution in [1.82, 2.24) is 4.57 Å². The molecule has 0 saturated carbocycles. The number of aromatic nitrogens is 1. The van der Waals surface area contributed by atoms with Gasteiger partial charge in [-0.2, -0.15) is 0 Å². The molecule has 406 valence electrons. The van der Waals surface area contributed by atoms with Crippen molar-refractivity contribution in [3.63, 3.8) is 0 Å². The molecule has 1 aromatic heterocycles. The maximum Gasteiger partial charge on any atom is 0.256 e. The van der Waals surface area contributed by atoms with Crippen molar-refractivity contribution in [2.45, 2.75) is 57.8 Å². The Morgan fingerprint density at radius 2 is 0.965 bits per heavy atom. The van der Waals surface area contributed by atoms with E-state index in [0.29, 0.717) is 56.0 Å². The second-order valence-corrected chi connectivity index (χ2v) is 24.2. The van der Waals surface area contributed by atoms with Gasteiger partial charge in [0, 0.05) is 45.0 Å². The fraction of sp³-hybridized carbons (Fsp3) is 0.111. The molecule has 0 saturated heterocycles. The molecule has 0 fully saturated rings. The van der Waals surface area contributed by atoms with E-state index in [0.717, 1.165) is 55.7 Å². The third-order valence-electron chi connectivity index (χ3n) is 17.4. The van der Waals surface area contributed by atoms with Gasteiger partial charge in [-0.05, 0) is 142 Å². The van der Waals surface area contributed by atoms with E-state index in [9.17, 15) is 16.4 Å². The summed E-state index contributed by atoms with van der Waals surface area (Å²) in [5, 5.41) is -0.138. The lowest BCUT2D eigenvalue weighted by Gasteiger charge is -2.43. The van der Waals surface area contributed by atoms with Crippen molar-refractivity contribution in [3.8, 4) is 61.7 Å². The average molecular weight is 1110 g/mol. The minimum absolute atomic E-state index is 0.0498. The van der Waals surface area contributed by atoms with Crippen LogP contribution < -0.4 is 26.0 Å². The fourth-order valence-corrected chi connectivity index (χ4v) is 13.5. The number of para-hydroxylation sites is 2. The summed E-state index contributed by atoms with van der Waals surface area (Å²) >= 11 is 0. The lowest BCUT2D eigenvalue weighted by molar-refractivity contribution is 0.483. The highest BCUT2D eigenvalue weighted by atomic mass is 16.5. The molecule has 0 atom stereocenters. The molecule has 1 aliphatic carbocycles. The highest BCUT2D eigenvalue weighted by Crippen LogP contribution is 2.59. The van der Waals surface area contributed by atoms with E-state index in [-0.39, 0.29) is 44.0 Å². The van der Waals surface area contributed by atoms with Gasteiger partial charge < -0.3 is 14.2 Å². The van der Waals surface area contributed by atoms with Crippen molar-refractivity contribution < 1.29 is 29.4 Å². The first-order valence-corrected chi connectivity index (χ1v) is 28.5. The van der Waals surface area contributed by atoms with E-state index in [1.165, 1.54) is 4.57 Å². The van der Waals surface area contributed by atoms with Crippen LogP contribution in [0.5, 0.6) is 11.5 Å². The van der Waals surface area contributed by atoms with Gasteiger partial charge in [-0.1, -0.05) is 260 Å².